The van der Waals surface area contributed by atoms with Gasteiger partial charge >= 0.3 is 12.0 Å². The van der Waals surface area contributed by atoms with Crippen molar-refractivity contribution in [2.45, 2.75) is 26.0 Å². The summed E-state index contributed by atoms with van der Waals surface area (Å²) < 4.78 is 4.87. The van der Waals surface area contributed by atoms with Crippen molar-refractivity contribution in [3.8, 4) is 0 Å². The Morgan fingerprint density at radius 3 is 2.52 bits per heavy atom. The van der Waals surface area contributed by atoms with Gasteiger partial charge in [0.25, 0.3) is 11.6 Å². The first-order valence-electron chi connectivity index (χ1n) is 6.52. The Morgan fingerprint density at radius 1 is 1.30 bits per heavy atom. The Hall–Kier alpha value is -3.17. The zero-order valence-corrected chi connectivity index (χ0v) is 12.4. The minimum absolute atomic E-state index is 0.188. The summed E-state index contributed by atoms with van der Waals surface area (Å²) in [7, 11) is 0. The molecule has 2 atom stereocenters. The number of nitrogens with one attached hydrogen (secondary N) is 2. The van der Waals surface area contributed by atoms with Crippen LogP contribution in [0.4, 0.5) is 16.2 Å². The summed E-state index contributed by atoms with van der Waals surface area (Å²) in [6, 6.07) is 3.39. The first-order chi connectivity index (χ1) is 10.7. The van der Waals surface area contributed by atoms with Crippen LogP contribution >= 0.6 is 0 Å². The van der Waals surface area contributed by atoms with Crippen molar-refractivity contribution in [3.05, 3.63) is 34.4 Å². The van der Waals surface area contributed by atoms with Crippen LogP contribution in [-0.4, -0.2) is 35.0 Å². The normalized spacial score (nSPS) is 12.6. The topological polar surface area (TPSA) is 154 Å². The molecule has 0 spiro atoms. The summed E-state index contributed by atoms with van der Waals surface area (Å²) in [6.45, 7) is 2.67. The van der Waals surface area contributed by atoms with E-state index in [1.54, 1.807) is 0 Å². The van der Waals surface area contributed by atoms with Gasteiger partial charge in [0.2, 0.25) is 0 Å². The van der Waals surface area contributed by atoms with Gasteiger partial charge in [-0.25, -0.2) is 9.59 Å². The molecule has 0 heterocycles. The molecule has 0 saturated carbocycles. The van der Waals surface area contributed by atoms with E-state index in [0.29, 0.717) is 0 Å². The monoisotopic (exact) mass is 324 g/mol. The van der Waals surface area contributed by atoms with Gasteiger partial charge in [0.05, 0.1) is 4.92 Å². The minimum atomic E-state index is -1.17. The molecule has 0 radical (unpaired) electrons. The Labute approximate surface area is 131 Å². The number of amides is 3. The SMILES string of the molecule is C[C@@H](NC(N)=O)C(=O)O[C@H](C)C(=O)Nc1cccc([N+](=O)[O-])c1. The molecule has 0 aliphatic carbocycles. The van der Waals surface area contributed by atoms with Crippen LogP contribution in [0.15, 0.2) is 24.3 Å². The number of carbonyl (C=O) groups excluding carboxylic acids is 3. The summed E-state index contributed by atoms with van der Waals surface area (Å²) in [5.41, 5.74) is 4.87. The minimum Gasteiger partial charge on any atom is -0.451 e. The average Bonchev–Trinajstić information content (AvgIpc) is 2.46. The van der Waals surface area contributed by atoms with E-state index in [-0.39, 0.29) is 11.4 Å². The maximum absolute atomic E-state index is 11.9. The van der Waals surface area contributed by atoms with Crippen LogP contribution in [0.3, 0.4) is 0 Å². The Balaban J connectivity index is 2.63. The lowest BCUT2D eigenvalue weighted by Crippen LogP contribution is -2.44. The highest BCUT2D eigenvalue weighted by molar-refractivity contribution is 5.95. The third kappa shape index (κ3) is 5.61. The van der Waals surface area contributed by atoms with Gasteiger partial charge in [0.1, 0.15) is 6.04 Å². The molecule has 0 fully saturated rings. The summed E-state index contributed by atoms with van der Waals surface area (Å²) in [4.78, 5) is 44.2. The van der Waals surface area contributed by atoms with Crippen molar-refractivity contribution < 1.29 is 24.0 Å². The fourth-order valence-electron chi connectivity index (χ4n) is 1.54. The predicted molar refractivity (Wildman–Crippen MR) is 79.5 cm³/mol. The van der Waals surface area contributed by atoms with Crippen LogP contribution in [-0.2, 0) is 14.3 Å². The number of urea groups is 1. The number of hydrogen-bond acceptors (Lipinski definition) is 6. The molecule has 1 rings (SSSR count). The first-order valence-corrected chi connectivity index (χ1v) is 6.52. The highest BCUT2D eigenvalue weighted by Gasteiger charge is 2.23. The van der Waals surface area contributed by atoms with Crippen LogP contribution in [0, 0.1) is 10.1 Å². The fourth-order valence-corrected chi connectivity index (χ4v) is 1.54. The van der Waals surface area contributed by atoms with E-state index >= 15 is 0 Å². The standard InChI is InChI=1S/C13H16N4O6/c1-7(15-13(14)20)12(19)23-8(2)11(18)16-9-4-3-5-10(6-9)17(21)22/h3-8H,1-2H3,(H,16,18)(H3,14,15,20)/t7-,8-/m1/s1. The molecule has 124 valence electrons. The quantitative estimate of drug-likeness (QED) is 0.394. The number of rotatable bonds is 6. The first kappa shape index (κ1) is 17.9. The number of nitrogens with two attached hydrogens (primary N) is 1. The highest BCUT2D eigenvalue weighted by Crippen LogP contribution is 2.17. The number of non-ortho nitro benzene ring substituents is 1. The van der Waals surface area contributed by atoms with E-state index in [9.17, 15) is 24.5 Å². The maximum atomic E-state index is 11.9. The Bertz CT molecular complexity index is 633. The second-order valence-electron chi connectivity index (χ2n) is 4.61. The van der Waals surface area contributed by atoms with Crippen LogP contribution in [0.1, 0.15) is 13.8 Å². The Kier molecular flexibility index (Phi) is 6.01. The van der Waals surface area contributed by atoms with E-state index in [4.69, 9.17) is 10.5 Å². The van der Waals surface area contributed by atoms with Gasteiger partial charge in [0, 0.05) is 17.8 Å². The van der Waals surface area contributed by atoms with Gasteiger partial charge < -0.3 is 21.1 Å². The van der Waals surface area contributed by atoms with E-state index in [1.807, 2.05) is 0 Å². The number of nitrogens with zero attached hydrogens (tertiary/aromatic N) is 1. The van der Waals surface area contributed by atoms with Crippen molar-refractivity contribution in [2.24, 2.45) is 5.73 Å². The van der Waals surface area contributed by atoms with E-state index in [0.717, 1.165) is 0 Å². The molecule has 0 bridgehead atoms. The van der Waals surface area contributed by atoms with Crippen LogP contribution < -0.4 is 16.4 Å². The van der Waals surface area contributed by atoms with Gasteiger partial charge in [-0.05, 0) is 19.9 Å². The van der Waals surface area contributed by atoms with Crippen molar-refractivity contribution in [1.82, 2.24) is 5.32 Å². The summed E-state index contributed by atoms with van der Waals surface area (Å²) in [5, 5.41) is 15.2. The third-order valence-corrected chi connectivity index (χ3v) is 2.70. The van der Waals surface area contributed by atoms with Gasteiger partial charge in [-0.2, -0.15) is 0 Å². The molecule has 1 aromatic carbocycles. The lowest BCUT2D eigenvalue weighted by Gasteiger charge is -2.16. The second-order valence-corrected chi connectivity index (χ2v) is 4.61. The number of nitro benzene ring substituents is 1. The highest BCUT2D eigenvalue weighted by atomic mass is 16.6. The number of esters is 1. The number of hydrogen-bond donors (Lipinski definition) is 3. The zero-order valence-electron chi connectivity index (χ0n) is 12.4. The molecule has 3 amide bonds. The fraction of sp³-hybridized carbons (Fsp3) is 0.308. The number of nitro groups is 1. The molecule has 0 saturated heterocycles. The van der Waals surface area contributed by atoms with E-state index < -0.39 is 35.0 Å². The lowest BCUT2D eigenvalue weighted by molar-refractivity contribution is -0.384. The van der Waals surface area contributed by atoms with Crippen molar-refractivity contribution in [1.29, 1.82) is 0 Å². The number of carbonyl (C=O) groups is 3. The third-order valence-electron chi connectivity index (χ3n) is 2.70. The van der Waals surface area contributed by atoms with Gasteiger partial charge in [-0.3, -0.25) is 14.9 Å². The molecule has 23 heavy (non-hydrogen) atoms. The molecule has 0 unspecified atom stereocenters. The maximum Gasteiger partial charge on any atom is 0.329 e. The Morgan fingerprint density at radius 2 is 1.96 bits per heavy atom. The number of anilines is 1. The van der Waals surface area contributed by atoms with Crippen molar-refractivity contribution in [2.75, 3.05) is 5.32 Å². The zero-order chi connectivity index (χ0) is 17.6. The molecule has 1 aromatic rings. The van der Waals surface area contributed by atoms with Crippen molar-refractivity contribution in [3.63, 3.8) is 0 Å². The predicted octanol–water partition coefficient (Wildman–Crippen LogP) is 0.522. The van der Waals surface area contributed by atoms with Gasteiger partial charge in [-0.15, -0.1) is 0 Å². The molecule has 10 nitrogen and oxygen atoms in total. The number of ether oxygens (including phenoxy) is 1. The van der Waals surface area contributed by atoms with Gasteiger partial charge in [-0.1, -0.05) is 6.07 Å². The lowest BCUT2D eigenvalue weighted by atomic mass is 10.2. The average molecular weight is 324 g/mol. The molecule has 4 N–H and O–H groups in total. The molecule has 0 aromatic heterocycles. The van der Waals surface area contributed by atoms with Crippen LogP contribution in [0.25, 0.3) is 0 Å². The molecule has 0 aliphatic heterocycles. The second kappa shape index (κ2) is 7.73. The van der Waals surface area contributed by atoms with Crippen LogP contribution in [0.5, 0.6) is 0 Å². The molecular formula is C13H16N4O6. The molecule has 10 heteroatoms. The van der Waals surface area contributed by atoms with E-state index in [2.05, 4.69) is 10.6 Å². The molecule has 0 aliphatic rings. The largest absolute Gasteiger partial charge is 0.451 e. The van der Waals surface area contributed by atoms with Crippen LogP contribution in [0.2, 0.25) is 0 Å². The number of primary amides is 1. The summed E-state index contributed by atoms with van der Waals surface area (Å²) in [6.07, 6.45) is -1.17. The summed E-state index contributed by atoms with van der Waals surface area (Å²) in [5.74, 6) is -1.52. The summed E-state index contributed by atoms with van der Waals surface area (Å²) >= 11 is 0. The molecular weight excluding hydrogens is 308 g/mol. The van der Waals surface area contributed by atoms with Gasteiger partial charge in [0.15, 0.2) is 6.10 Å². The van der Waals surface area contributed by atoms with Crippen molar-refractivity contribution >= 4 is 29.3 Å². The number of benzene rings is 1. The van der Waals surface area contributed by atoms with E-state index in [1.165, 1.54) is 38.1 Å². The smallest absolute Gasteiger partial charge is 0.329 e.